The first kappa shape index (κ1) is 35.2. The summed E-state index contributed by atoms with van der Waals surface area (Å²) in [5.74, 6) is -2.46. The maximum Gasteiger partial charge on any atom is 0.341 e. The minimum atomic E-state index is -1.44. The van der Waals surface area contributed by atoms with E-state index in [1.165, 1.54) is 20.2 Å². The van der Waals surface area contributed by atoms with Crippen LogP contribution in [0.15, 0.2) is 35.4 Å². The Morgan fingerprint density at radius 2 is 1.91 bits per heavy atom. The van der Waals surface area contributed by atoms with Crippen LogP contribution in [0.1, 0.15) is 47.3 Å². The number of amides is 1. The van der Waals surface area contributed by atoms with Gasteiger partial charge in [-0.05, 0) is 42.5 Å². The lowest BCUT2D eigenvalue weighted by Crippen LogP contribution is -2.22. The number of nitrogen functional groups attached to an aromatic ring is 2. The quantitative estimate of drug-likeness (QED) is 0.215. The fourth-order valence-corrected chi connectivity index (χ4v) is 5.64. The van der Waals surface area contributed by atoms with Gasteiger partial charge in [0.1, 0.15) is 11.4 Å². The van der Waals surface area contributed by atoms with Crippen molar-refractivity contribution in [1.29, 1.82) is 0 Å². The van der Waals surface area contributed by atoms with E-state index in [2.05, 4.69) is 20.2 Å². The molecule has 45 heavy (non-hydrogen) atoms. The van der Waals surface area contributed by atoms with Crippen LogP contribution in [0.25, 0.3) is 22.0 Å². The number of nitrogens with zero attached hydrogens (tertiary/aromatic N) is 4. The lowest BCUT2D eigenvalue weighted by atomic mass is 9.96. The second-order valence-electron chi connectivity index (χ2n) is 10.5. The first-order valence-electron chi connectivity index (χ1n) is 13.3. The van der Waals surface area contributed by atoms with Crippen LogP contribution >= 0.6 is 37.2 Å². The SMILES string of the molecule is COc1c(-c2ccc3c(c2)CCN3Cc2cnc(N)nc2N)c(F)c(NC(C)=O)c2c(=O)c(C(=O)O)cn(C3CC3)c12.Cl.Cl.Cl. The molecule has 16 heteroatoms. The van der Waals surface area contributed by atoms with Crippen molar-refractivity contribution in [3.63, 3.8) is 0 Å². The predicted molar refractivity (Wildman–Crippen MR) is 177 cm³/mol. The summed E-state index contributed by atoms with van der Waals surface area (Å²) in [5, 5.41) is 11.9. The summed E-state index contributed by atoms with van der Waals surface area (Å²) < 4.78 is 23.9. The fraction of sp³-hybridized carbons (Fsp3) is 0.276. The van der Waals surface area contributed by atoms with Crippen LogP contribution in [-0.4, -0.2) is 45.2 Å². The van der Waals surface area contributed by atoms with Crippen molar-refractivity contribution in [1.82, 2.24) is 14.5 Å². The highest BCUT2D eigenvalue weighted by Gasteiger charge is 2.33. The van der Waals surface area contributed by atoms with Crippen LogP contribution in [0.3, 0.4) is 0 Å². The fourth-order valence-electron chi connectivity index (χ4n) is 5.64. The number of carboxylic acid groups (broad SMARTS) is 1. The normalized spacial score (nSPS) is 13.3. The van der Waals surface area contributed by atoms with E-state index in [1.807, 2.05) is 12.1 Å². The molecule has 0 radical (unpaired) electrons. The van der Waals surface area contributed by atoms with Crippen LogP contribution in [0.5, 0.6) is 5.75 Å². The Labute approximate surface area is 275 Å². The number of pyridine rings is 1. The first-order chi connectivity index (χ1) is 20.1. The molecule has 4 aromatic rings. The number of halogens is 4. The summed E-state index contributed by atoms with van der Waals surface area (Å²) in [5.41, 5.74) is 13.2. The zero-order valence-corrected chi connectivity index (χ0v) is 26.6. The number of carbonyl (C=O) groups is 2. The third-order valence-corrected chi connectivity index (χ3v) is 7.68. The van der Waals surface area contributed by atoms with Crippen LogP contribution in [-0.2, 0) is 17.8 Å². The molecule has 0 unspecified atom stereocenters. The zero-order chi connectivity index (χ0) is 29.9. The number of hydrogen-bond acceptors (Lipinski definition) is 9. The molecule has 240 valence electrons. The van der Waals surface area contributed by atoms with Gasteiger partial charge in [-0.25, -0.2) is 14.2 Å². The molecule has 2 aliphatic rings. The van der Waals surface area contributed by atoms with Crippen molar-refractivity contribution in [3.8, 4) is 16.9 Å². The van der Waals surface area contributed by atoms with Gasteiger partial charge >= 0.3 is 5.97 Å². The van der Waals surface area contributed by atoms with Crippen molar-refractivity contribution < 1.29 is 23.8 Å². The Kier molecular flexibility index (Phi) is 10.4. The van der Waals surface area contributed by atoms with Crippen molar-refractivity contribution >= 4 is 83.1 Å². The third-order valence-electron chi connectivity index (χ3n) is 7.68. The molecule has 2 aromatic carbocycles. The van der Waals surface area contributed by atoms with Gasteiger partial charge in [0.15, 0.2) is 11.6 Å². The van der Waals surface area contributed by atoms with Crippen molar-refractivity contribution in [2.45, 2.75) is 38.8 Å². The van der Waals surface area contributed by atoms with Crippen molar-refractivity contribution in [2.75, 3.05) is 35.3 Å². The van der Waals surface area contributed by atoms with Gasteiger partial charge in [0.05, 0.1) is 29.3 Å². The molecule has 0 atom stereocenters. The summed E-state index contributed by atoms with van der Waals surface area (Å²) >= 11 is 0. The molecule has 0 saturated heterocycles. The number of aromatic nitrogens is 3. The number of nitrogens with two attached hydrogens (primary N) is 2. The van der Waals surface area contributed by atoms with E-state index in [1.54, 1.807) is 16.8 Å². The number of benzene rings is 2. The highest BCUT2D eigenvalue weighted by Crippen LogP contribution is 2.47. The highest BCUT2D eigenvalue weighted by atomic mass is 35.5. The van der Waals surface area contributed by atoms with Crippen LogP contribution < -0.4 is 31.8 Å². The number of fused-ring (bicyclic) bond motifs is 2. The van der Waals surface area contributed by atoms with Gasteiger partial charge in [-0.3, -0.25) is 9.59 Å². The molecule has 0 bridgehead atoms. The van der Waals surface area contributed by atoms with E-state index >= 15 is 4.39 Å². The summed E-state index contributed by atoms with van der Waals surface area (Å²) in [7, 11) is 1.37. The lowest BCUT2D eigenvalue weighted by molar-refractivity contribution is -0.114. The number of nitrogens with one attached hydrogen (secondary N) is 1. The average molecular weight is 683 g/mol. The Balaban J connectivity index is 0.00000184. The first-order valence-corrected chi connectivity index (χ1v) is 13.3. The molecule has 2 aromatic heterocycles. The Morgan fingerprint density at radius 1 is 1.20 bits per heavy atom. The standard InChI is InChI=1S/C29H28FN7O5.3ClH/c1-13(38)34-23-21-24(37(17-4-5-17)12-18(25(21)39)28(40)41)26(42-2)20(22(23)30)15-3-6-19-14(9-15)7-8-36(19)11-16-10-33-29(32)35-27(16)31;;;/h3,6,9-10,12,17H,4-5,7-8,11H2,1-2H3,(H,34,38)(H,40,41)(H4,31,32,33,35);3*1H. The molecule has 6 rings (SSSR count). The molecule has 6 N–H and O–H groups in total. The Hall–Kier alpha value is -4.33. The molecular formula is C29H31Cl3FN7O5. The summed E-state index contributed by atoms with van der Waals surface area (Å²) in [6.07, 6.45) is 5.04. The highest BCUT2D eigenvalue weighted by molar-refractivity contribution is 6.08. The maximum absolute atomic E-state index is 16.5. The zero-order valence-electron chi connectivity index (χ0n) is 24.1. The number of rotatable bonds is 7. The van der Waals surface area contributed by atoms with E-state index in [0.717, 1.165) is 29.7 Å². The van der Waals surface area contributed by atoms with Gasteiger partial charge in [-0.1, -0.05) is 6.07 Å². The minimum Gasteiger partial charge on any atom is -0.494 e. The second kappa shape index (κ2) is 13.3. The Morgan fingerprint density at radius 3 is 2.51 bits per heavy atom. The molecule has 1 fully saturated rings. The largest absolute Gasteiger partial charge is 0.494 e. The third kappa shape index (κ3) is 6.15. The number of hydrogen-bond donors (Lipinski definition) is 4. The smallest absolute Gasteiger partial charge is 0.341 e. The van der Waals surface area contributed by atoms with Crippen LogP contribution in [0.2, 0.25) is 0 Å². The molecule has 12 nitrogen and oxygen atoms in total. The molecule has 0 spiro atoms. The number of ether oxygens (including phenoxy) is 1. The van der Waals surface area contributed by atoms with Gasteiger partial charge in [-0.15, -0.1) is 37.2 Å². The van der Waals surface area contributed by atoms with E-state index in [9.17, 15) is 19.5 Å². The monoisotopic (exact) mass is 681 g/mol. The van der Waals surface area contributed by atoms with E-state index < -0.39 is 28.7 Å². The number of anilines is 4. The van der Waals surface area contributed by atoms with Gasteiger partial charge in [0, 0.05) is 49.7 Å². The molecule has 1 saturated carbocycles. The molecule has 1 aliphatic carbocycles. The minimum absolute atomic E-state index is 0. The van der Waals surface area contributed by atoms with Gasteiger partial charge in [-0.2, -0.15) is 4.98 Å². The average Bonchev–Trinajstić information content (AvgIpc) is 3.71. The number of carboxylic acids is 1. The number of methoxy groups -OCH3 is 1. The number of aromatic carboxylic acids is 1. The van der Waals surface area contributed by atoms with Crippen LogP contribution in [0.4, 0.5) is 27.5 Å². The second-order valence-corrected chi connectivity index (χ2v) is 10.5. The lowest BCUT2D eigenvalue weighted by Gasteiger charge is -2.22. The molecule has 3 heterocycles. The van der Waals surface area contributed by atoms with Crippen LogP contribution in [0, 0.1) is 5.82 Å². The summed E-state index contributed by atoms with van der Waals surface area (Å²) in [4.78, 5) is 47.7. The molecule has 1 amide bonds. The van der Waals surface area contributed by atoms with E-state index in [4.69, 9.17) is 16.2 Å². The van der Waals surface area contributed by atoms with E-state index in [-0.39, 0.29) is 77.1 Å². The van der Waals surface area contributed by atoms with Gasteiger partial charge < -0.3 is 36.1 Å². The van der Waals surface area contributed by atoms with Crippen molar-refractivity contribution in [3.05, 3.63) is 63.3 Å². The van der Waals surface area contributed by atoms with E-state index in [0.29, 0.717) is 30.9 Å². The van der Waals surface area contributed by atoms with Crippen molar-refractivity contribution in [2.24, 2.45) is 0 Å². The summed E-state index contributed by atoms with van der Waals surface area (Å²) in [6, 6.07) is 5.37. The topological polar surface area (TPSA) is 179 Å². The summed E-state index contributed by atoms with van der Waals surface area (Å²) in [6.45, 7) is 2.33. The molecular weight excluding hydrogens is 652 g/mol. The predicted octanol–water partition coefficient (Wildman–Crippen LogP) is 4.59. The van der Waals surface area contributed by atoms with Gasteiger partial charge in [0.2, 0.25) is 17.3 Å². The number of carbonyl (C=O) groups excluding carboxylic acids is 1. The Bertz CT molecular complexity index is 1880. The maximum atomic E-state index is 16.5. The van der Waals surface area contributed by atoms with Gasteiger partial charge in [0.25, 0.3) is 0 Å². The molecule has 1 aliphatic heterocycles.